The summed E-state index contributed by atoms with van der Waals surface area (Å²) in [5, 5.41) is 7.20. The van der Waals surface area contributed by atoms with E-state index in [2.05, 4.69) is 15.4 Å². The molecule has 0 aromatic carbocycles. The van der Waals surface area contributed by atoms with Gasteiger partial charge in [0.15, 0.2) is 0 Å². The third-order valence-electron chi connectivity index (χ3n) is 3.02. The number of nitrogens with one attached hydrogen (secondary N) is 1. The fourth-order valence-corrected chi connectivity index (χ4v) is 2.04. The Morgan fingerprint density at radius 1 is 1.45 bits per heavy atom. The molecule has 2 rings (SSSR count). The topological polar surface area (TPSA) is 90.8 Å². The van der Waals surface area contributed by atoms with Gasteiger partial charge < -0.3 is 15.6 Å². The van der Waals surface area contributed by atoms with Crippen molar-refractivity contribution in [1.29, 1.82) is 0 Å². The molecule has 7 nitrogen and oxygen atoms in total. The van der Waals surface area contributed by atoms with E-state index in [1.54, 1.807) is 21.8 Å². The minimum atomic E-state index is -0.188. The third-order valence-corrected chi connectivity index (χ3v) is 3.02. The van der Waals surface area contributed by atoms with Crippen LogP contribution in [-0.4, -0.2) is 31.8 Å². The van der Waals surface area contributed by atoms with Crippen molar-refractivity contribution in [2.45, 2.75) is 26.4 Å². The van der Waals surface area contributed by atoms with Crippen molar-refractivity contribution in [3.05, 3.63) is 35.7 Å². The average Bonchev–Trinajstić information content (AvgIpc) is 3.03. The Bertz CT molecular complexity index is 585. The van der Waals surface area contributed by atoms with E-state index in [0.717, 1.165) is 17.7 Å². The molecule has 0 spiro atoms. The van der Waals surface area contributed by atoms with Crippen LogP contribution in [0.2, 0.25) is 0 Å². The van der Waals surface area contributed by atoms with Gasteiger partial charge >= 0.3 is 0 Å². The van der Waals surface area contributed by atoms with E-state index in [4.69, 9.17) is 5.73 Å². The molecule has 0 aliphatic heterocycles. The van der Waals surface area contributed by atoms with Crippen LogP contribution in [0.25, 0.3) is 0 Å². The monoisotopic (exact) mass is 276 g/mol. The van der Waals surface area contributed by atoms with Gasteiger partial charge in [0.05, 0.1) is 12.0 Å². The Kier molecular flexibility index (Phi) is 4.52. The molecular formula is C13H20N6O. The Balaban J connectivity index is 1.97. The van der Waals surface area contributed by atoms with Crippen LogP contribution in [0.5, 0.6) is 0 Å². The number of hydrogen-bond acceptors (Lipinski definition) is 4. The van der Waals surface area contributed by atoms with Crippen molar-refractivity contribution in [1.82, 2.24) is 24.6 Å². The van der Waals surface area contributed by atoms with Crippen LogP contribution in [0.4, 0.5) is 0 Å². The zero-order valence-corrected chi connectivity index (χ0v) is 11.8. The zero-order valence-electron chi connectivity index (χ0n) is 11.8. The number of aryl methyl sites for hydroxylation is 2. The lowest BCUT2D eigenvalue weighted by Crippen LogP contribution is -2.23. The number of carbonyl (C=O) groups excluding carboxylic acids is 1. The van der Waals surface area contributed by atoms with Gasteiger partial charge in [-0.1, -0.05) is 6.92 Å². The Hall–Kier alpha value is -2.15. The summed E-state index contributed by atoms with van der Waals surface area (Å²) in [6.07, 6.45) is 6.08. The number of nitrogens with two attached hydrogens (primary N) is 1. The highest BCUT2D eigenvalue weighted by molar-refractivity contribution is 5.91. The van der Waals surface area contributed by atoms with Crippen LogP contribution in [0.1, 0.15) is 28.7 Å². The molecule has 20 heavy (non-hydrogen) atoms. The van der Waals surface area contributed by atoms with Crippen LogP contribution in [-0.2, 0) is 26.6 Å². The molecule has 1 amide bonds. The van der Waals surface area contributed by atoms with E-state index < -0.39 is 0 Å². The number of carbonyl (C=O) groups is 1. The summed E-state index contributed by atoms with van der Waals surface area (Å²) in [6.45, 7) is 3.68. The van der Waals surface area contributed by atoms with Gasteiger partial charge in [-0.3, -0.25) is 9.48 Å². The molecule has 0 aliphatic carbocycles. The fraction of sp³-hybridized carbons (Fsp3) is 0.462. The number of amides is 1. The normalized spacial score (nSPS) is 10.8. The van der Waals surface area contributed by atoms with Crippen molar-refractivity contribution < 1.29 is 4.79 Å². The summed E-state index contributed by atoms with van der Waals surface area (Å²) in [5.74, 6) is -0.188. The second-order valence-corrected chi connectivity index (χ2v) is 4.60. The molecule has 0 radical (unpaired) electrons. The first-order valence-corrected chi connectivity index (χ1v) is 6.65. The second-order valence-electron chi connectivity index (χ2n) is 4.60. The lowest BCUT2D eigenvalue weighted by Gasteiger charge is -2.02. The average molecular weight is 276 g/mol. The maximum absolute atomic E-state index is 12.0. The minimum Gasteiger partial charge on any atom is -0.346 e. The molecule has 0 bridgehead atoms. The largest absolute Gasteiger partial charge is 0.346 e. The van der Waals surface area contributed by atoms with Crippen LogP contribution in [0, 0.1) is 0 Å². The quantitative estimate of drug-likeness (QED) is 0.781. The highest BCUT2D eigenvalue weighted by atomic mass is 16.1. The Labute approximate surface area is 117 Å². The van der Waals surface area contributed by atoms with Gasteiger partial charge in [-0.05, 0) is 6.42 Å². The molecular weight excluding hydrogens is 256 g/mol. The third kappa shape index (κ3) is 3.24. The molecule has 2 heterocycles. The molecule has 2 aromatic heterocycles. The van der Waals surface area contributed by atoms with Crippen molar-refractivity contribution in [2.75, 3.05) is 6.54 Å². The highest BCUT2D eigenvalue weighted by Gasteiger charge is 2.11. The van der Waals surface area contributed by atoms with E-state index in [9.17, 15) is 4.79 Å². The predicted octanol–water partition coefficient (Wildman–Crippen LogP) is 0.0677. The second kappa shape index (κ2) is 6.33. The van der Waals surface area contributed by atoms with E-state index in [-0.39, 0.29) is 5.91 Å². The standard InChI is InChI=1S/C13H20N6O/c1-3-11-10(7-18(2)17-11)6-15-13(20)12-8-19(5-4-14)9-16-12/h7-9H,3-6,14H2,1-2H3,(H,15,20). The van der Waals surface area contributed by atoms with Crippen molar-refractivity contribution in [3.8, 4) is 0 Å². The number of nitrogens with zero attached hydrogens (tertiary/aromatic N) is 4. The van der Waals surface area contributed by atoms with Crippen molar-refractivity contribution in [3.63, 3.8) is 0 Å². The number of aromatic nitrogens is 4. The number of rotatable bonds is 6. The van der Waals surface area contributed by atoms with Gasteiger partial charge in [0.2, 0.25) is 0 Å². The van der Waals surface area contributed by atoms with E-state index >= 15 is 0 Å². The maximum Gasteiger partial charge on any atom is 0.271 e. The molecule has 0 aliphatic rings. The summed E-state index contributed by atoms with van der Waals surface area (Å²) in [7, 11) is 1.87. The molecule has 2 aromatic rings. The SMILES string of the molecule is CCc1nn(C)cc1CNC(=O)c1cn(CCN)cn1. The molecule has 0 unspecified atom stereocenters. The first kappa shape index (κ1) is 14.3. The lowest BCUT2D eigenvalue weighted by molar-refractivity contribution is 0.0946. The fourth-order valence-electron chi connectivity index (χ4n) is 2.04. The van der Waals surface area contributed by atoms with Gasteiger partial charge in [0, 0.05) is 44.6 Å². The van der Waals surface area contributed by atoms with Gasteiger partial charge in [-0.15, -0.1) is 0 Å². The molecule has 3 N–H and O–H groups in total. The maximum atomic E-state index is 12.0. The summed E-state index contributed by atoms with van der Waals surface area (Å²) < 4.78 is 3.56. The van der Waals surface area contributed by atoms with Crippen LogP contribution >= 0.6 is 0 Å². The lowest BCUT2D eigenvalue weighted by atomic mass is 10.2. The summed E-state index contributed by atoms with van der Waals surface area (Å²) in [4.78, 5) is 16.1. The van der Waals surface area contributed by atoms with E-state index in [0.29, 0.717) is 25.3 Å². The Morgan fingerprint density at radius 2 is 2.25 bits per heavy atom. The minimum absolute atomic E-state index is 0.188. The molecule has 0 saturated carbocycles. The van der Waals surface area contributed by atoms with Crippen LogP contribution in [0.3, 0.4) is 0 Å². The van der Waals surface area contributed by atoms with Gasteiger partial charge in [-0.2, -0.15) is 5.10 Å². The van der Waals surface area contributed by atoms with Gasteiger partial charge in [0.1, 0.15) is 5.69 Å². The first-order valence-electron chi connectivity index (χ1n) is 6.65. The predicted molar refractivity (Wildman–Crippen MR) is 75.0 cm³/mol. The molecule has 108 valence electrons. The molecule has 0 fully saturated rings. The molecule has 0 saturated heterocycles. The van der Waals surface area contributed by atoms with Gasteiger partial charge in [0.25, 0.3) is 5.91 Å². The number of imidazole rings is 1. The zero-order chi connectivity index (χ0) is 14.5. The molecule has 7 heteroatoms. The van der Waals surface area contributed by atoms with E-state index in [1.165, 1.54) is 0 Å². The Morgan fingerprint density at radius 3 is 2.95 bits per heavy atom. The summed E-state index contributed by atoms with van der Waals surface area (Å²) in [6, 6.07) is 0. The van der Waals surface area contributed by atoms with Crippen LogP contribution < -0.4 is 11.1 Å². The van der Waals surface area contributed by atoms with Crippen LogP contribution in [0.15, 0.2) is 18.7 Å². The van der Waals surface area contributed by atoms with E-state index in [1.807, 2.05) is 20.2 Å². The smallest absolute Gasteiger partial charge is 0.271 e. The number of hydrogen-bond donors (Lipinski definition) is 2. The summed E-state index contributed by atoms with van der Waals surface area (Å²) >= 11 is 0. The van der Waals surface area contributed by atoms with Crippen molar-refractivity contribution >= 4 is 5.91 Å². The molecule has 0 atom stereocenters. The first-order chi connectivity index (χ1) is 9.63. The van der Waals surface area contributed by atoms with Crippen molar-refractivity contribution in [2.24, 2.45) is 12.8 Å². The van der Waals surface area contributed by atoms with Gasteiger partial charge in [-0.25, -0.2) is 4.98 Å². The highest BCUT2D eigenvalue weighted by Crippen LogP contribution is 2.07. The summed E-state index contributed by atoms with van der Waals surface area (Å²) in [5.41, 5.74) is 7.89.